The van der Waals surface area contributed by atoms with Crippen molar-refractivity contribution < 1.29 is 9.59 Å². The van der Waals surface area contributed by atoms with E-state index in [0.717, 1.165) is 24.1 Å². The molecule has 1 aliphatic heterocycles. The summed E-state index contributed by atoms with van der Waals surface area (Å²) in [4.78, 5) is 26.9. The summed E-state index contributed by atoms with van der Waals surface area (Å²) >= 11 is 0. The molecule has 2 amide bonds. The van der Waals surface area contributed by atoms with Gasteiger partial charge in [-0.15, -0.1) is 0 Å². The van der Waals surface area contributed by atoms with E-state index in [1.165, 1.54) is 4.90 Å². The van der Waals surface area contributed by atoms with Crippen LogP contribution in [0.4, 0.5) is 5.69 Å². The number of allylic oxidation sites excluding steroid dienone is 2. The lowest BCUT2D eigenvalue weighted by Gasteiger charge is -2.38. The lowest BCUT2D eigenvalue weighted by molar-refractivity contribution is -0.124. The number of aryl methyl sites for hydroxylation is 1. The Morgan fingerprint density at radius 3 is 2.10 bits per heavy atom. The van der Waals surface area contributed by atoms with Gasteiger partial charge in [0.2, 0.25) is 11.8 Å². The highest BCUT2D eigenvalue weighted by Gasteiger charge is 2.56. The van der Waals surface area contributed by atoms with Gasteiger partial charge in [0.15, 0.2) is 0 Å². The maximum Gasteiger partial charge on any atom is 0.238 e. The van der Waals surface area contributed by atoms with E-state index in [2.05, 4.69) is 12.2 Å². The molecule has 1 saturated heterocycles. The molecule has 0 spiro atoms. The molecule has 0 unspecified atom stereocenters. The van der Waals surface area contributed by atoms with Crippen molar-refractivity contribution in [2.24, 2.45) is 23.7 Å². The molecular formula is C17H17NO2. The summed E-state index contributed by atoms with van der Waals surface area (Å²) in [5.41, 5.74) is 1.80. The van der Waals surface area contributed by atoms with Gasteiger partial charge in [-0.05, 0) is 49.3 Å². The molecule has 0 radical (unpaired) electrons. The van der Waals surface area contributed by atoms with Crippen molar-refractivity contribution in [3.8, 4) is 0 Å². The molecule has 0 aromatic heterocycles. The molecule has 0 N–H and O–H groups in total. The molecule has 4 atom stereocenters. The third kappa shape index (κ3) is 1.46. The van der Waals surface area contributed by atoms with Crippen LogP contribution < -0.4 is 4.90 Å². The number of carbonyl (C=O) groups is 2. The van der Waals surface area contributed by atoms with Crippen LogP contribution in [0.3, 0.4) is 0 Å². The number of amides is 2. The highest BCUT2D eigenvalue weighted by atomic mass is 16.2. The summed E-state index contributed by atoms with van der Waals surface area (Å²) in [7, 11) is 0. The van der Waals surface area contributed by atoms with E-state index >= 15 is 0 Å². The second-order valence-corrected chi connectivity index (χ2v) is 6.19. The normalized spacial score (nSPS) is 34.8. The minimum Gasteiger partial charge on any atom is -0.274 e. The number of hydrogen-bond donors (Lipinski definition) is 0. The molecule has 5 rings (SSSR count). The van der Waals surface area contributed by atoms with Crippen LogP contribution in [0, 0.1) is 30.6 Å². The smallest absolute Gasteiger partial charge is 0.238 e. The fourth-order valence-corrected chi connectivity index (χ4v) is 4.10. The first kappa shape index (κ1) is 11.9. The first-order valence-electron chi connectivity index (χ1n) is 7.29. The summed E-state index contributed by atoms with van der Waals surface area (Å²) in [6, 6.07) is 7.66. The van der Waals surface area contributed by atoms with Gasteiger partial charge in [0, 0.05) is 0 Å². The second kappa shape index (κ2) is 4.05. The summed E-state index contributed by atoms with van der Waals surface area (Å²) in [5.74, 6) is 0.292. The van der Waals surface area contributed by atoms with Crippen LogP contribution in [0.15, 0.2) is 36.4 Å². The predicted octanol–water partition coefficient (Wildman–Crippen LogP) is 2.70. The van der Waals surface area contributed by atoms with Crippen molar-refractivity contribution in [2.75, 3.05) is 4.90 Å². The maximum absolute atomic E-state index is 12.7. The molecule has 3 aliphatic carbocycles. The van der Waals surface area contributed by atoms with E-state index in [1.807, 2.05) is 31.2 Å². The quantitative estimate of drug-likeness (QED) is 0.579. The van der Waals surface area contributed by atoms with E-state index in [0.29, 0.717) is 0 Å². The lowest BCUT2D eigenvalue weighted by atomic mass is 9.63. The zero-order valence-corrected chi connectivity index (χ0v) is 11.5. The molecule has 4 aliphatic rings. The van der Waals surface area contributed by atoms with E-state index in [4.69, 9.17) is 0 Å². The molecule has 2 bridgehead atoms. The van der Waals surface area contributed by atoms with Crippen LogP contribution in [-0.2, 0) is 9.59 Å². The van der Waals surface area contributed by atoms with Crippen LogP contribution in [-0.4, -0.2) is 11.8 Å². The summed E-state index contributed by atoms with van der Waals surface area (Å²) in [6.07, 6.45) is 6.40. The van der Waals surface area contributed by atoms with Crippen molar-refractivity contribution in [1.82, 2.24) is 0 Å². The van der Waals surface area contributed by atoms with E-state index in [9.17, 15) is 9.59 Å². The highest BCUT2D eigenvalue weighted by molar-refractivity contribution is 6.22. The molecule has 1 heterocycles. The van der Waals surface area contributed by atoms with Crippen molar-refractivity contribution in [3.05, 3.63) is 42.0 Å². The van der Waals surface area contributed by atoms with Gasteiger partial charge < -0.3 is 0 Å². The van der Waals surface area contributed by atoms with Crippen molar-refractivity contribution >= 4 is 17.5 Å². The number of imide groups is 1. The lowest BCUT2D eigenvalue weighted by Crippen LogP contribution is -2.38. The maximum atomic E-state index is 12.7. The number of rotatable bonds is 1. The molecule has 102 valence electrons. The zero-order valence-electron chi connectivity index (χ0n) is 11.5. The molecule has 2 fully saturated rings. The first-order valence-corrected chi connectivity index (χ1v) is 7.29. The molecule has 1 saturated carbocycles. The molecule has 3 nitrogen and oxygen atoms in total. The number of carbonyl (C=O) groups excluding carboxylic acids is 2. The Bertz CT molecular complexity index is 602. The van der Waals surface area contributed by atoms with Gasteiger partial charge in [0.05, 0.1) is 17.5 Å². The number of nitrogens with zero attached hydrogens (tertiary/aromatic N) is 1. The van der Waals surface area contributed by atoms with Crippen molar-refractivity contribution in [1.29, 1.82) is 0 Å². The van der Waals surface area contributed by atoms with E-state index in [1.54, 1.807) is 0 Å². The Hall–Kier alpha value is -1.90. The molecule has 3 heteroatoms. The zero-order chi connectivity index (χ0) is 13.9. The van der Waals surface area contributed by atoms with Gasteiger partial charge in [0.25, 0.3) is 0 Å². The van der Waals surface area contributed by atoms with Crippen LogP contribution >= 0.6 is 0 Å². The van der Waals surface area contributed by atoms with Crippen LogP contribution in [0.25, 0.3) is 0 Å². The molecular weight excluding hydrogens is 250 g/mol. The van der Waals surface area contributed by atoms with Gasteiger partial charge in [-0.1, -0.05) is 24.3 Å². The molecule has 20 heavy (non-hydrogen) atoms. The number of anilines is 1. The van der Waals surface area contributed by atoms with Crippen LogP contribution in [0.2, 0.25) is 0 Å². The summed E-state index contributed by atoms with van der Waals surface area (Å²) in [5, 5.41) is 0. The largest absolute Gasteiger partial charge is 0.274 e. The van der Waals surface area contributed by atoms with Gasteiger partial charge in [-0.3, -0.25) is 14.5 Å². The highest BCUT2D eigenvalue weighted by Crippen LogP contribution is 2.50. The molecule has 1 aromatic carbocycles. The average Bonchev–Trinajstić information content (AvgIpc) is 2.74. The van der Waals surface area contributed by atoms with Crippen molar-refractivity contribution in [3.63, 3.8) is 0 Å². The van der Waals surface area contributed by atoms with Gasteiger partial charge >= 0.3 is 0 Å². The molecule has 1 aromatic rings. The van der Waals surface area contributed by atoms with Crippen LogP contribution in [0.5, 0.6) is 0 Å². The summed E-state index contributed by atoms with van der Waals surface area (Å²) in [6.45, 7) is 1.98. The first-order chi connectivity index (χ1) is 9.66. The minimum absolute atomic E-state index is 0.00431. The third-order valence-electron chi connectivity index (χ3n) is 5.02. The number of benzene rings is 1. The Kier molecular flexibility index (Phi) is 2.40. The average molecular weight is 267 g/mol. The Morgan fingerprint density at radius 2 is 1.60 bits per heavy atom. The minimum atomic E-state index is -0.119. The van der Waals surface area contributed by atoms with Crippen LogP contribution in [0.1, 0.15) is 18.4 Å². The fourth-order valence-electron chi connectivity index (χ4n) is 4.10. The van der Waals surface area contributed by atoms with Gasteiger partial charge in [-0.2, -0.15) is 0 Å². The standard InChI is InChI=1S/C17H17NO2/c1-10-3-2-4-13(9-10)18-16(19)14-11-5-6-12(8-7-11)15(14)17(18)20/h2-6,9,11-12,14-15H,7-8H2,1H3/t11-,12-,14+,15+/m0/s1. The number of hydrogen-bond acceptors (Lipinski definition) is 2. The second-order valence-electron chi connectivity index (χ2n) is 6.19. The number of fused-ring (bicyclic) bond motifs is 1. The third-order valence-corrected chi connectivity index (χ3v) is 5.02. The predicted molar refractivity (Wildman–Crippen MR) is 76.0 cm³/mol. The Labute approximate surface area is 118 Å². The van der Waals surface area contributed by atoms with Gasteiger partial charge in [-0.25, -0.2) is 0 Å². The van der Waals surface area contributed by atoms with Gasteiger partial charge in [0.1, 0.15) is 0 Å². The van der Waals surface area contributed by atoms with E-state index < -0.39 is 0 Å². The van der Waals surface area contributed by atoms with E-state index in [-0.39, 0.29) is 35.5 Å². The Balaban J connectivity index is 1.77. The fraction of sp³-hybridized carbons (Fsp3) is 0.412. The summed E-state index contributed by atoms with van der Waals surface area (Å²) < 4.78 is 0. The SMILES string of the molecule is Cc1cccc(N2C(=O)[C@H]3[C@H](C2=O)[C@H]2C=C[C@H]3CC2)c1. The Morgan fingerprint density at radius 1 is 1.00 bits per heavy atom. The van der Waals surface area contributed by atoms with Crippen molar-refractivity contribution in [2.45, 2.75) is 19.8 Å². The monoisotopic (exact) mass is 267 g/mol. The topological polar surface area (TPSA) is 37.4 Å².